The Labute approximate surface area is 240 Å². The molecule has 41 heavy (non-hydrogen) atoms. The molecule has 2 aliphatic rings. The molecule has 216 valence electrons. The molecule has 2 heterocycles. The topological polar surface area (TPSA) is 95.6 Å². The Bertz CT molecular complexity index is 1370. The molecule has 1 saturated heterocycles. The number of carbonyl (C=O) groups is 2. The number of carbonyl (C=O) groups excluding carboxylic acids is 2. The van der Waals surface area contributed by atoms with Crippen LogP contribution in [0, 0.1) is 0 Å². The fourth-order valence-corrected chi connectivity index (χ4v) is 4.79. The number of amides is 2. The molecule has 0 bridgehead atoms. The number of rotatable bonds is 11. The maximum Gasteiger partial charge on any atom is 0.410 e. The Morgan fingerprint density at radius 3 is 2.68 bits per heavy atom. The van der Waals surface area contributed by atoms with Crippen molar-refractivity contribution in [1.29, 1.82) is 0 Å². The number of hydrogen-bond donors (Lipinski definition) is 1. The summed E-state index contributed by atoms with van der Waals surface area (Å²) in [4.78, 5) is 25.5. The largest absolute Gasteiger partial charge is 0.491 e. The second-order valence-electron chi connectivity index (χ2n) is 10.7. The third-order valence-corrected chi connectivity index (χ3v) is 6.88. The van der Waals surface area contributed by atoms with Crippen molar-refractivity contribution >= 4 is 17.7 Å². The second-order valence-corrected chi connectivity index (χ2v) is 10.7. The van der Waals surface area contributed by atoms with Gasteiger partial charge in [0.2, 0.25) is 11.7 Å². The van der Waals surface area contributed by atoms with Gasteiger partial charge in [0.15, 0.2) is 0 Å². The highest BCUT2D eigenvalue weighted by atomic mass is 16.7. The summed E-state index contributed by atoms with van der Waals surface area (Å²) in [7, 11) is 0. The average Bonchev–Trinajstić information content (AvgIpc) is 3.31. The van der Waals surface area contributed by atoms with Crippen LogP contribution in [0.2, 0.25) is 0 Å². The van der Waals surface area contributed by atoms with Gasteiger partial charge in [-0.05, 0) is 59.5 Å². The van der Waals surface area contributed by atoms with Crippen molar-refractivity contribution in [2.45, 2.75) is 52.3 Å². The summed E-state index contributed by atoms with van der Waals surface area (Å²) < 4.78 is 28.8. The molecule has 0 radical (unpaired) electrons. The van der Waals surface area contributed by atoms with E-state index in [-0.39, 0.29) is 18.1 Å². The third kappa shape index (κ3) is 7.77. The Kier molecular flexibility index (Phi) is 8.75. The summed E-state index contributed by atoms with van der Waals surface area (Å²) in [6, 6.07) is 21.3. The van der Waals surface area contributed by atoms with Crippen LogP contribution in [0.1, 0.15) is 49.1 Å². The second kappa shape index (κ2) is 12.6. The lowest BCUT2D eigenvalue weighted by Gasteiger charge is -2.32. The zero-order chi connectivity index (χ0) is 28.8. The van der Waals surface area contributed by atoms with Gasteiger partial charge in [-0.1, -0.05) is 30.3 Å². The molecule has 3 aromatic rings. The van der Waals surface area contributed by atoms with Crippen LogP contribution in [-0.4, -0.2) is 49.0 Å². The van der Waals surface area contributed by atoms with Crippen molar-refractivity contribution in [2.24, 2.45) is 0 Å². The molecule has 0 saturated carbocycles. The fraction of sp³-hybridized carbons (Fsp3) is 0.375. The van der Waals surface area contributed by atoms with Crippen LogP contribution in [0.3, 0.4) is 0 Å². The van der Waals surface area contributed by atoms with Crippen molar-refractivity contribution in [3.05, 3.63) is 89.0 Å². The first-order valence-electron chi connectivity index (χ1n) is 13.8. The molecule has 0 aliphatic carbocycles. The molecule has 1 unspecified atom stereocenters. The molecule has 3 aromatic carbocycles. The molecule has 1 fully saturated rings. The molecule has 2 aliphatic heterocycles. The van der Waals surface area contributed by atoms with Crippen LogP contribution >= 0.6 is 0 Å². The van der Waals surface area contributed by atoms with Crippen LogP contribution in [0.5, 0.6) is 11.5 Å². The van der Waals surface area contributed by atoms with Gasteiger partial charge in [-0.2, -0.15) is 0 Å². The van der Waals surface area contributed by atoms with Crippen molar-refractivity contribution in [1.82, 2.24) is 4.90 Å². The van der Waals surface area contributed by atoms with E-state index < -0.39 is 5.79 Å². The smallest absolute Gasteiger partial charge is 0.410 e. The fourth-order valence-electron chi connectivity index (χ4n) is 4.79. The van der Waals surface area contributed by atoms with Gasteiger partial charge < -0.3 is 33.9 Å². The minimum atomic E-state index is -0.644. The van der Waals surface area contributed by atoms with E-state index in [2.05, 4.69) is 5.32 Å². The van der Waals surface area contributed by atoms with Crippen molar-refractivity contribution in [3.8, 4) is 11.5 Å². The van der Waals surface area contributed by atoms with Crippen LogP contribution in [0.4, 0.5) is 10.5 Å². The van der Waals surface area contributed by atoms with Gasteiger partial charge in [-0.15, -0.1) is 0 Å². The molecule has 1 N–H and O–H groups in total. The van der Waals surface area contributed by atoms with E-state index in [1.165, 1.54) is 6.92 Å². The van der Waals surface area contributed by atoms with Gasteiger partial charge in [0.05, 0.1) is 26.4 Å². The lowest BCUT2D eigenvalue weighted by molar-refractivity contribution is -0.180. The zero-order valence-electron chi connectivity index (χ0n) is 23.7. The summed E-state index contributed by atoms with van der Waals surface area (Å²) in [5.74, 6) is 0.812. The average molecular weight is 561 g/mol. The predicted molar refractivity (Wildman–Crippen MR) is 153 cm³/mol. The summed E-state index contributed by atoms with van der Waals surface area (Å²) in [5, 5.41) is 2.77. The zero-order valence-corrected chi connectivity index (χ0v) is 23.7. The Morgan fingerprint density at radius 1 is 1.05 bits per heavy atom. The number of nitrogens with zero attached hydrogens (tertiary/aromatic N) is 1. The van der Waals surface area contributed by atoms with Crippen LogP contribution in [0.25, 0.3) is 0 Å². The number of ether oxygens (including phenoxy) is 5. The van der Waals surface area contributed by atoms with Gasteiger partial charge in [0.25, 0.3) is 0 Å². The van der Waals surface area contributed by atoms with Crippen LogP contribution in [0.15, 0.2) is 66.7 Å². The Hall–Kier alpha value is -4.08. The van der Waals surface area contributed by atoms with E-state index in [0.29, 0.717) is 45.9 Å². The molecule has 9 nitrogen and oxygen atoms in total. The molecule has 9 heteroatoms. The van der Waals surface area contributed by atoms with Crippen LogP contribution in [-0.2, 0) is 38.6 Å². The lowest BCUT2D eigenvalue weighted by atomic mass is 10.0. The highest BCUT2D eigenvalue weighted by Gasteiger charge is 2.33. The van der Waals surface area contributed by atoms with Crippen molar-refractivity contribution < 1.29 is 33.3 Å². The van der Waals surface area contributed by atoms with Gasteiger partial charge in [-0.25, -0.2) is 4.79 Å². The van der Waals surface area contributed by atoms with E-state index in [4.69, 9.17) is 23.7 Å². The summed E-state index contributed by atoms with van der Waals surface area (Å²) in [6.07, 6.45) is 0.0917. The first-order chi connectivity index (χ1) is 19.7. The van der Waals surface area contributed by atoms with E-state index in [1.54, 1.807) is 4.90 Å². The van der Waals surface area contributed by atoms with E-state index in [1.807, 2.05) is 80.6 Å². The molecular weight excluding hydrogens is 524 g/mol. The van der Waals surface area contributed by atoms with Gasteiger partial charge >= 0.3 is 6.09 Å². The molecule has 0 spiro atoms. The minimum absolute atomic E-state index is 0.104. The van der Waals surface area contributed by atoms with Gasteiger partial charge in [0, 0.05) is 38.6 Å². The van der Waals surface area contributed by atoms with Gasteiger partial charge in [-0.3, -0.25) is 4.79 Å². The quantitative estimate of drug-likeness (QED) is 0.304. The summed E-state index contributed by atoms with van der Waals surface area (Å²) >= 11 is 0. The maximum absolute atomic E-state index is 12.5. The van der Waals surface area contributed by atoms with E-state index in [9.17, 15) is 9.59 Å². The molecule has 5 rings (SSSR count). The molecule has 1 atom stereocenters. The van der Waals surface area contributed by atoms with Crippen LogP contribution < -0.4 is 14.8 Å². The highest BCUT2D eigenvalue weighted by Crippen LogP contribution is 2.35. The maximum atomic E-state index is 12.5. The predicted octanol–water partition coefficient (Wildman–Crippen LogP) is 5.62. The Morgan fingerprint density at radius 2 is 1.88 bits per heavy atom. The van der Waals surface area contributed by atoms with Crippen molar-refractivity contribution in [3.63, 3.8) is 0 Å². The minimum Gasteiger partial charge on any atom is -0.491 e. The molecule has 0 aromatic heterocycles. The number of anilines is 1. The Balaban J connectivity index is 1.03. The number of benzene rings is 3. The van der Waals surface area contributed by atoms with Gasteiger partial charge in [0.1, 0.15) is 24.2 Å². The number of nitrogens with one attached hydrogen (secondary N) is 1. The van der Waals surface area contributed by atoms with E-state index in [0.717, 1.165) is 39.4 Å². The molecule has 2 amide bonds. The monoisotopic (exact) mass is 560 g/mol. The summed E-state index contributed by atoms with van der Waals surface area (Å²) in [5.41, 5.74) is 4.73. The molecular formula is C32H36N2O7. The SMILES string of the molecule is CC(=O)Nc1cccc(COCCOc2ccc(CCN3CC(c4ccc5c(c4)COC(C)(C)O5)OC3=O)cc2)c1. The number of fused-ring (bicyclic) bond motifs is 1. The number of hydrogen-bond acceptors (Lipinski definition) is 7. The third-order valence-electron chi connectivity index (χ3n) is 6.88. The van der Waals surface area contributed by atoms with E-state index >= 15 is 0 Å². The number of cyclic esters (lactones) is 1. The standard InChI is InChI=1S/C32H36N2O7/c1-22(35)33-27-6-4-5-24(17-27)20-37-15-16-38-28-10-7-23(8-11-28)13-14-34-19-30(40-31(34)36)25-9-12-29-26(18-25)21-39-32(2,3)41-29/h4-12,17-18,30H,13-16,19-21H2,1-3H3,(H,33,35). The summed E-state index contributed by atoms with van der Waals surface area (Å²) in [6.45, 7) is 8.08. The first-order valence-corrected chi connectivity index (χ1v) is 13.8. The first kappa shape index (κ1) is 28.4. The van der Waals surface area contributed by atoms with Crippen molar-refractivity contribution in [2.75, 3.05) is 31.6 Å². The lowest BCUT2D eigenvalue weighted by Crippen LogP contribution is -2.35. The highest BCUT2D eigenvalue weighted by molar-refractivity contribution is 5.88. The normalized spacial score (nSPS) is 17.4.